The Labute approximate surface area is 230 Å². The summed E-state index contributed by atoms with van der Waals surface area (Å²) in [5.74, 6) is 0.547. The molecule has 0 aliphatic carbocycles. The first kappa shape index (κ1) is 27.5. The zero-order chi connectivity index (χ0) is 28.1. The van der Waals surface area contributed by atoms with Crippen LogP contribution in [0.5, 0.6) is 5.75 Å². The lowest BCUT2D eigenvalue weighted by molar-refractivity contribution is -0.118. The molecule has 0 spiro atoms. The van der Waals surface area contributed by atoms with Crippen LogP contribution in [-0.2, 0) is 23.0 Å². The van der Waals surface area contributed by atoms with Gasteiger partial charge in [0, 0.05) is 18.7 Å². The number of carbonyl (C=O) groups is 2. The van der Waals surface area contributed by atoms with Crippen molar-refractivity contribution in [3.8, 4) is 5.75 Å². The number of cyclic esters (lactones) is 1. The lowest BCUT2D eigenvalue weighted by Crippen LogP contribution is -2.29. The van der Waals surface area contributed by atoms with Crippen LogP contribution in [0.4, 0.5) is 20.8 Å². The van der Waals surface area contributed by atoms with E-state index in [9.17, 15) is 18.8 Å². The predicted octanol–water partition coefficient (Wildman–Crippen LogP) is 3.30. The Bertz CT molecular complexity index is 1460. The van der Waals surface area contributed by atoms with Crippen LogP contribution in [0, 0.1) is 5.82 Å². The van der Waals surface area contributed by atoms with Gasteiger partial charge in [0.2, 0.25) is 0 Å². The zero-order valence-corrected chi connectivity index (χ0v) is 22.5. The van der Waals surface area contributed by atoms with Crippen LogP contribution < -0.4 is 25.8 Å². The summed E-state index contributed by atoms with van der Waals surface area (Å²) in [5.41, 5.74) is 1.53. The fraction of sp³-hybridized carbons (Fsp3) is 0.464. The molecule has 0 bridgehead atoms. The minimum atomic E-state index is -0.438. The number of fused-ring (bicyclic) bond motifs is 2. The summed E-state index contributed by atoms with van der Waals surface area (Å²) < 4.78 is 26.7. The number of ether oxygens (including phenoxy) is 2. The second-order valence-electron chi connectivity index (χ2n) is 10.1. The quantitative estimate of drug-likeness (QED) is 0.328. The molecular weight excluding hydrogens is 519 g/mol. The fourth-order valence-corrected chi connectivity index (χ4v) is 5.09. The minimum absolute atomic E-state index is 0.0484. The lowest BCUT2D eigenvalue weighted by Gasteiger charge is -2.19. The first-order valence-corrected chi connectivity index (χ1v) is 13.7. The van der Waals surface area contributed by atoms with Crippen LogP contribution in [0.3, 0.4) is 0 Å². The Balaban J connectivity index is 0.967. The van der Waals surface area contributed by atoms with Crippen molar-refractivity contribution in [2.24, 2.45) is 7.05 Å². The van der Waals surface area contributed by atoms with Crippen molar-refractivity contribution < 1.29 is 23.5 Å². The summed E-state index contributed by atoms with van der Waals surface area (Å²) in [5, 5.41) is 6.06. The van der Waals surface area contributed by atoms with E-state index in [1.165, 1.54) is 21.7 Å². The molecule has 3 aromatic heterocycles. The van der Waals surface area contributed by atoms with Gasteiger partial charge in [-0.15, -0.1) is 0 Å². The average molecular weight is 553 g/mol. The Kier molecular flexibility index (Phi) is 8.54. The number of unbranched alkanes of at least 4 members (excludes halogenated alkanes) is 3. The van der Waals surface area contributed by atoms with E-state index in [0.717, 1.165) is 51.6 Å². The third-order valence-corrected chi connectivity index (χ3v) is 7.20. The molecule has 1 saturated heterocycles. The van der Waals surface area contributed by atoms with E-state index < -0.39 is 6.09 Å². The Hall–Kier alpha value is -4.06. The molecular formula is C28H33FN6O5. The van der Waals surface area contributed by atoms with Crippen molar-refractivity contribution in [1.82, 2.24) is 19.9 Å². The number of rotatable bonds is 12. The first-order chi connectivity index (χ1) is 19.4. The van der Waals surface area contributed by atoms with Crippen LogP contribution >= 0.6 is 0 Å². The highest BCUT2D eigenvalue weighted by Gasteiger charge is 2.33. The van der Waals surface area contributed by atoms with Crippen LogP contribution in [0.1, 0.15) is 44.1 Å². The highest BCUT2D eigenvalue weighted by Crippen LogP contribution is 2.30. The van der Waals surface area contributed by atoms with E-state index in [2.05, 4.69) is 20.6 Å². The second-order valence-corrected chi connectivity index (χ2v) is 10.1. The third kappa shape index (κ3) is 6.22. The Morgan fingerprint density at radius 1 is 1.07 bits per heavy atom. The van der Waals surface area contributed by atoms with Crippen molar-refractivity contribution >= 4 is 34.7 Å². The van der Waals surface area contributed by atoms with Gasteiger partial charge in [-0.1, -0.05) is 12.8 Å². The van der Waals surface area contributed by atoms with Gasteiger partial charge in [0.05, 0.1) is 23.8 Å². The van der Waals surface area contributed by atoms with Gasteiger partial charge >= 0.3 is 6.09 Å². The number of hydrogen-bond acceptors (Lipinski definition) is 8. The topological polar surface area (TPSA) is 128 Å². The zero-order valence-electron chi connectivity index (χ0n) is 22.5. The molecule has 3 aromatic rings. The summed E-state index contributed by atoms with van der Waals surface area (Å²) in [7, 11) is 1.64. The molecule has 2 amide bonds. The number of nitrogens with zero attached hydrogens (tertiary/aromatic N) is 4. The molecule has 5 rings (SSSR count). The van der Waals surface area contributed by atoms with E-state index >= 15 is 0 Å². The molecule has 1 atom stereocenters. The monoisotopic (exact) mass is 552 g/mol. The first-order valence-electron chi connectivity index (χ1n) is 13.7. The summed E-state index contributed by atoms with van der Waals surface area (Å²) in [4.78, 5) is 45.9. The molecule has 0 saturated carbocycles. The standard InChI is InChI=1S/C28H33FN6O5/c1-34-25(37)12-9-21-26(34)19(20(29)15-31-21)8-6-14-30-13-5-3-2-4-7-18-16-35(28(38)40-18)23-11-10-22-27(32-23)33-24(36)17-39-22/h9-12,15,18,30H,2-8,13-14,16-17H2,1H3,(H,32,33,36). The number of pyridine rings is 3. The van der Waals surface area contributed by atoms with Gasteiger partial charge in [-0.3, -0.25) is 19.5 Å². The van der Waals surface area contributed by atoms with E-state index in [0.29, 0.717) is 46.9 Å². The maximum atomic E-state index is 14.4. The van der Waals surface area contributed by atoms with E-state index in [1.54, 1.807) is 25.2 Å². The smallest absolute Gasteiger partial charge is 0.415 e. The van der Waals surface area contributed by atoms with E-state index in [1.807, 2.05) is 0 Å². The normalized spacial score (nSPS) is 16.6. The molecule has 40 heavy (non-hydrogen) atoms. The lowest BCUT2D eigenvalue weighted by atomic mass is 10.1. The van der Waals surface area contributed by atoms with Crippen LogP contribution in [0.15, 0.2) is 35.3 Å². The van der Waals surface area contributed by atoms with Gasteiger partial charge in [0.25, 0.3) is 11.5 Å². The minimum Gasteiger partial charge on any atom is -0.480 e. The largest absolute Gasteiger partial charge is 0.480 e. The van der Waals surface area contributed by atoms with Crippen molar-refractivity contribution in [2.75, 3.05) is 36.5 Å². The molecule has 5 heterocycles. The van der Waals surface area contributed by atoms with Crippen molar-refractivity contribution in [3.63, 3.8) is 0 Å². The molecule has 2 aliphatic rings. The number of aryl methyl sites for hydroxylation is 2. The summed E-state index contributed by atoms with van der Waals surface area (Å²) in [6, 6.07) is 6.45. The molecule has 0 aromatic carbocycles. The van der Waals surface area contributed by atoms with Crippen LogP contribution in [-0.4, -0.2) is 58.9 Å². The molecule has 1 fully saturated rings. The van der Waals surface area contributed by atoms with Crippen molar-refractivity contribution in [1.29, 1.82) is 0 Å². The second kappa shape index (κ2) is 12.4. The number of anilines is 2. The van der Waals surface area contributed by atoms with Crippen molar-refractivity contribution in [2.45, 2.75) is 51.0 Å². The maximum Gasteiger partial charge on any atom is 0.415 e. The number of nitrogens with one attached hydrogen (secondary N) is 2. The Morgan fingerprint density at radius 2 is 1.90 bits per heavy atom. The number of carbonyl (C=O) groups excluding carboxylic acids is 2. The summed E-state index contributed by atoms with van der Waals surface area (Å²) in [6.07, 6.45) is 6.68. The average Bonchev–Trinajstić information content (AvgIpc) is 3.32. The van der Waals surface area contributed by atoms with Gasteiger partial charge in [0.1, 0.15) is 17.7 Å². The molecule has 1 unspecified atom stereocenters. The van der Waals surface area contributed by atoms with Crippen LogP contribution in [0.2, 0.25) is 0 Å². The molecule has 12 heteroatoms. The summed E-state index contributed by atoms with van der Waals surface area (Å²) >= 11 is 0. The number of amides is 2. The summed E-state index contributed by atoms with van der Waals surface area (Å²) in [6.45, 7) is 1.99. The van der Waals surface area contributed by atoms with E-state index in [-0.39, 0.29) is 30.0 Å². The third-order valence-electron chi connectivity index (χ3n) is 7.20. The number of hydrogen-bond donors (Lipinski definition) is 2. The molecule has 0 radical (unpaired) electrons. The number of aromatic nitrogens is 3. The molecule has 212 valence electrons. The van der Waals surface area contributed by atoms with Gasteiger partial charge in [-0.05, 0) is 63.4 Å². The van der Waals surface area contributed by atoms with Crippen LogP contribution in [0.25, 0.3) is 11.0 Å². The van der Waals surface area contributed by atoms with E-state index in [4.69, 9.17) is 9.47 Å². The van der Waals surface area contributed by atoms with Gasteiger partial charge < -0.3 is 24.7 Å². The SMILES string of the molecule is Cn1c(=O)ccc2ncc(F)c(CCCNCCCCCCC3CN(c4ccc5c(n4)NC(=O)CO5)C(=O)O3)c21. The van der Waals surface area contributed by atoms with Gasteiger partial charge in [0.15, 0.2) is 18.2 Å². The highest BCUT2D eigenvalue weighted by atomic mass is 19.1. The maximum absolute atomic E-state index is 14.4. The Morgan fingerprint density at radius 3 is 2.77 bits per heavy atom. The fourth-order valence-electron chi connectivity index (χ4n) is 5.09. The van der Waals surface area contributed by atoms with Crippen molar-refractivity contribution in [3.05, 3.63) is 52.2 Å². The highest BCUT2D eigenvalue weighted by molar-refractivity contribution is 5.95. The predicted molar refractivity (Wildman–Crippen MR) is 147 cm³/mol. The molecule has 2 N–H and O–H groups in total. The van der Waals surface area contributed by atoms with Gasteiger partial charge in [-0.2, -0.15) is 0 Å². The molecule has 11 nitrogen and oxygen atoms in total. The number of halogens is 1. The van der Waals surface area contributed by atoms with Gasteiger partial charge in [-0.25, -0.2) is 14.2 Å². The molecule has 2 aliphatic heterocycles.